The molecule has 32 heavy (non-hydrogen) atoms. The number of carbonyl (C=O) groups excluding carboxylic acids is 1. The largest absolute Gasteiger partial charge is 0.463 e. The third-order valence-electron chi connectivity index (χ3n) is 4.68. The lowest BCUT2D eigenvalue weighted by Crippen LogP contribution is -2.15. The summed E-state index contributed by atoms with van der Waals surface area (Å²) in [6.45, 7) is 8.11. The van der Waals surface area contributed by atoms with Crippen LogP contribution in [-0.4, -0.2) is 83.1 Å². The SMILES string of the molecule is CCCCCCCCCCCC(=O)OCCOCCOCCOCCOCCOCCI. The van der Waals surface area contributed by atoms with E-state index in [2.05, 4.69) is 29.5 Å². The summed E-state index contributed by atoms with van der Waals surface area (Å²) < 4.78 is 33.1. The Labute approximate surface area is 209 Å². The molecule has 0 heterocycles. The fourth-order valence-electron chi connectivity index (χ4n) is 2.90. The number of halogens is 1. The van der Waals surface area contributed by atoms with Gasteiger partial charge in [-0.1, -0.05) is 80.9 Å². The highest BCUT2D eigenvalue weighted by Crippen LogP contribution is 2.10. The van der Waals surface area contributed by atoms with Crippen molar-refractivity contribution in [3.8, 4) is 0 Å². The normalized spacial score (nSPS) is 11.2. The van der Waals surface area contributed by atoms with E-state index in [0.29, 0.717) is 72.5 Å². The Kier molecular flexibility index (Phi) is 29.0. The molecule has 0 aliphatic heterocycles. The van der Waals surface area contributed by atoms with E-state index in [9.17, 15) is 4.79 Å². The molecule has 0 fully saturated rings. The first-order chi connectivity index (χ1) is 15.8. The number of esters is 1. The summed E-state index contributed by atoms with van der Waals surface area (Å²) in [5.41, 5.74) is 0. The topological polar surface area (TPSA) is 72.5 Å². The minimum absolute atomic E-state index is 0.123. The summed E-state index contributed by atoms with van der Waals surface area (Å²) in [6.07, 6.45) is 11.7. The number of ether oxygens (including phenoxy) is 6. The van der Waals surface area contributed by atoms with E-state index in [-0.39, 0.29) is 5.97 Å². The van der Waals surface area contributed by atoms with E-state index >= 15 is 0 Å². The molecule has 0 aromatic carbocycles. The van der Waals surface area contributed by atoms with Crippen LogP contribution in [0, 0.1) is 0 Å². The molecule has 0 amide bonds. The van der Waals surface area contributed by atoms with Gasteiger partial charge in [-0.05, 0) is 6.42 Å². The molecule has 0 saturated carbocycles. The zero-order chi connectivity index (χ0) is 23.4. The highest BCUT2D eigenvalue weighted by molar-refractivity contribution is 14.1. The zero-order valence-corrected chi connectivity index (χ0v) is 22.4. The second-order valence-corrected chi connectivity index (χ2v) is 8.63. The van der Waals surface area contributed by atoms with Gasteiger partial charge in [-0.25, -0.2) is 0 Å². The standard InChI is InChI=1S/C24H47IO7/c1-2-3-4-5-6-7-8-9-10-11-24(26)32-23-22-31-21-20-30-19-18-29-17-16-28-15-14-27-13-12-25/h2-23H2,1H3. The van der Waals surface area contributed by atoms with Gasteiger partial charge in [0, 0.05) is 10.8 Å². The van der Waals surface area contributed by atoms with E-state index in [1.165, 1.54) is 44.9 Å². The molecule has 7 nitrogen and oxygen atoms in total. The van der Waals surface area contributed by atoms with Crippen LogP contribution >= 0.6 is 22.6 Å². The van der Waals surface area contributed by atoms with Crippen molar-refractivity contribution in [1.29, 1.82) is 0 Å². The second kappa shape index (κ2) is 29.0. The molecule has 0 N–H and O–H groups in total. The Bertz CT molecular complexity index is 372. The Morgan fingerprint density at radius 2 is 0.906 bits per heavy atom. The van der Waals surface area contributed by atoms with Gasteiger partial charge in [0.05, 0.1) is 66.1 Å². The van der Waals surface area contributed by atoms with Crippen LogP contribution in [0.2, 0.25) is 0 Å². The van der Waals surface area contributed by atoms with E-state index < -0.39 is 0 Å². The Morgan fingerprint density at radius 1 is 0.531 bits per heavy atom. The smallest absolute Gasteiger partial charge is 0.305 e. The third kappa shape index (κ3) is 28.0. The van der Waals surface area contributed by atoms with E-state index in [1.54, 1.807) is 0 Å². The molecule has 0 rings (SSSR count). The molecular weight excluding hydrogens is 527 g/mol. The summed E-state index contributed by atoms with van der Waals surface area (Å²) in [5.74, 6) is -0.123. The van der Waals surface area contributed by atoms with E-state index in [4.69, 9.17) is 28.4 Å². The number of hydrogen-bond donors (Lipinski definition) is 0. The van der Waals surface area contributed by atoms with Crippen molar-refractivity contribution < 1.29 is 33.2 Å². The monoisotopic (exact) mass is 574 g/mol. The summed E-state index contributed by atoms with van der Waals surface area (Å²) >= 11 is 2.28. The second-order valence-electron chi connectivity index (χ2n) is 7.55. The molecule has 0 unspecified atom stereocenters. The van der Waals surface area contributed by atoms with Crippen LogP contribution in [0.15, 0.2) is 0 Å². The van der Waals surface area contributed by atoms with Crippen LogP contribution in [0.1, 0.15) is 71.1 Å². The number of alkyl halides is 1. The van der Waals surface area contributed by atoms with Gasteiger partial charge in [0.25, 0.3) is 0 Å². The quantitative estimate of drug-likeness (QED) is 0.0594. The van der Waals surface area contributed by atoms with Crippen LogP contribution in [0.25, 0.3) is 0 Å². The number of hydrogen-bond acceptors (Lipinski definition) is 7. The average Bonchev–Trinajstić information content (AvgIpc) is 2.80. The Balaban J connectivity index is 3.12. The zero-order valence-electron chi connectivity index (χ0n) is 20.3. The molecule has 0 atom stereocenters. The maximum absolute atomic E-state index is 11.7. The lowest BCUT2D eigenvalue weighted by molar-refractivity contribution is -0.145. The van der Waals surface area contributed by atoms with E-state index in [0.717, 1.165) is 23.9 Å². The average molecular weight is 575 g/mol. The van der Waals surface area contributed by atoms with Gasteiger partial charge in [0.2, 0.25) is 0 Å². The van der Waals surface area contributed by atoms with Crippen molar-refractivity contribution in [1.82, 2.24) is 0 Å². The van der Waals surface area contributed by atoms with Crippen molar-refractivity contribution in [2.75, 3.05) is 77.1 Å². The van der Waals surface area contributed by atoms with Gasteiger partial charge in [0.1, 0.15) is 6.61 Å². The van der Waals surface area contributed by atoms with Gasteiger partial charge in [-0.3, -0.25) is 4.79 Å². The maximum atomic E-state index is 11.7. The summed E-state index contributed by atoms with van der Waals surface area (Å²) in [6, 6.07) is 0. The van der Waals surface area contributed by atoms with Gasteiger partial charge in [-0.2, -0.15) is 0 Å². The Hall–Kier alpha value is -0.000000000000000222. The van der Waals surface area contributed by atoms with Crippen molar-refractivity contribution in [2.45, 2.75) is 71.1 Å². The van der Waals surface area contributed by atoms with Crippen LogP contribution in [0.4, 0.5) is 0 Å². The molecule has 8 heteroatoms. The molecule has 0 spiro atoms. The predicted octanol–water partition coefficient (Wildman–Crippen LogP) is 4.97. The first-order valence-electron chi connectivity index (χ1n) is 12.4. The molecule has 0 aromatic rings. The van der Waals surface area contributed by atoms with Crippen molar-refractivity contribution in [3.05, 3.63) is 0 Å². The van der Waals surface area contributed by atoms with Crippen LogP contribution in [-0.2, 0) is 33.2 Å². The highest BCUT2D eigenvalue weighted by atomic mass is 127. The summed E-state index contributed by atoms with van der Waals surface area (Å²) in [5, 5.41) is 0. The fourth-order valence-corrected chi connectivity index (χ4v) is 3.21. The number of carbonyl (C=O) groups is 1. The third-order valence-corrected chi connectivity index (χ3v) is 5.13. The van der Waals surface area contributed by atoms with Gasteiger partial charge in [0.15, 0.2) is 0 Å². The van der Waals surface area contributed by atoms with Gasteiger partial charge >= 0.3 is 5.97 Å². The molecular formula is C24H47IO7. The molecule has 0 aliphatic rings. The van der Waals surface area contributed by atoms with Crippen molar-refractivity contribution in [2.24, 2.45) is 0 Å². The molecule has 0 radical (unpaired) electrons. The summed E-state index contributed by atoms with van der Waals surface area (Å²) in [4.78, 5) is 11.7. The molecule has 192 valence electrons. The predicted molar refractivity (Wildman–Crippen MR) is 136 cm³/mol. The molecule has 0 saturated heterocycles. The fraction of sp³-hybridized carbons (Fsp3) is 0.958. The first kappa shape index (κ1) is 32.0. The molecule has 0 aromatic heterocycles. The van der Waals surface area contributed by atoms with Crippen LogP contribution in [0.5, 0.6) is 0 Å². The lowest BCUT2D eigenvalue weighted by Gasteiger charge is -2.08. The van der Waals surface area contributed by atoms with Gasteiger partial charge < -0.3 is 28.4 Å². The summed E-state index contributed by atoms with van der Waals surface area (Å²) in [7, 11) is 0. The van der Waals surface area contributed by atoms with Crippen LogP contribution in [0.3, 0.4) is 0 Å². The maximum Gasteiger partial charge on any atom is 0.305 e. The van der Waals surface area contributed by atoms with Crippen molar-refractivity contribution in [3.63, 3.8) is 0 Å². The van der Waals surface area contributed by atoms with E-state index in [1.807, 2.05) is 0 Å². The first-order valence-corrected chi connectivity index (χ1v) is 13.9. The Morgan fingerprint density at radius 3 is 1.34 bits per heavy atom. The lowest BCUT2D eigenvalue weighted by atomic mass is 10.1. The number of unbranched alkanes of at least 4 members (excludes halogenated alkanes) is 8. The minimum atomic E-state index is -0.123. The highest BCUT2D eigenvalue weighted by Gasteiger charge is 2.02. The minimum Gasteiger partial charge on any atom is -0.463 e. The molecule has 0 bridgehead atoms. The van der Waals surface area contributed by atoms with Crippen molar-refractivity contribution >= 4 is 28.6 Å². The van der Waals surface area contributed by atoms with Gasteiger partial charge in [-0.15, -0.1) is 0 Å². The molecule has 0 aliphatic carbocycles. The van der Waals surface area contributed by atoms with Crippen LogP contribution < -0.4 is 0 Å². The number of rotatable bonds is 27.